The van der Waals surface area contributed by atoms with E-state index in [0.29, 0.717) is 5.56 Å². The highest BCUT2D eigenvalue weighted by molar-refractivity contribution is 7.80. The average Bonchev–Trinajstić information content (AvgIpc) is 2.53. The summed E-state index contributed by atoms with van der Waals surface area (Å²) in [6, 6.07) is 11.2. The molecular weight excluding hydrogens is 355 g/mol. The molecule has 4 nitrogen and oxygen atoms in total. The molecule has 2 rings (SSSR count). The molecule has 0 spiro atoms. The van der Waals surface area contributed by atoms with E-state index in [1.807, 2.05) is 29.6 Å². The molecule has 0 heterocycles. The number of hydrogen-bond acceptors (Lipinski definition) is 3. The maximum atomic E-state index is 12.8. The lowest BCUT2D eigenvalue weighted by Crippen LogP contribution is -2.48. The average molecular weight is 371 g/mol. The molecule has 1 amide bonds. The van der Waals surface area contributed by atoms with Crippen LogP contribution in [0, 0.1) is 5.92 Å². The zero-order chi connectivity index (χ0) is 18.6. The van der Waals surface area contributed by atoms with E-state index >= 15 is 0 Å². The Bertz CT molecular complexity index is 779. The molecule has 2 aromatic carbocycles. The molecule has 2 unspecified atom stereocenters. The van der Waals surface area contributed by atoms with Gasteiger partial charge >= 0.3 is 12.1 Å². The van der Waals surface area contributed by atoms with Gasteiger partial charge in [-0.15, -0.1) is 0 Å². The lowest BCUT2D eigenvalue weighted by Gasteiger charge is -2.21. The van der Waals surface area contributed by atoms with Crippen LogP contribution in [0.15, 0.2) is 42.5 Å². The molecule has 0 saturated carbocycles. The van der Waals surface area contributed by atoms with Crippen LogP contribution in [0.5, 0.6) is 0 Å². The maximum Gasteiger partial charge on any atom is 0.401 e. The van der Waals surface area contributed by atoms with Gasteiger partial charge in [0.2, 0.25) is 5.91 Å². The summed E-state index contributed by atoms with van der Waals surface area (Å²) in [7, 11) is 0. The van der Waals surface area contributed by atoms with Crippen molar-refractivity contribution in [3.05, 3.63) is 48.0 Å². The number of benzene rings is 2. The van der Waals surface area contributed by atoms with E-state index in [-0.39, 0.29) is 6.42 Å². The van der Waals surface area contributed by atoms with Crippen molar-refractivity contribution in [2.45, 2.75) is 18.6 Å². The number of thiol groups is 1. The predicted octanol–water partition coefficient (Wildman–Crippen LogP) is 3.06. The lowest BCUT2D eigenvalue weighted by atomic mass is 10.0. The maximum absolute atomic E-state index is 12.8. The highest BCUT2D eigenvalue weighted by Gasteiger charge is 2.44. The summed E-state index contributed by atoms with van der Waals surface area (Å²) < 4.78 is 38.3. The van der Waals surface area contributed by atoms with Crippen LogP contribution >= 0.6 is 12.6 Å². The summed E-state index contributed by atoms with van der Waals surface area (Å²) in [5.41, 5.74) is 0.598. The minimum Gasteiger partial charge on any atom is -0.480 e. The molecule has 0 fully saturated rings. The molecule has 0 aliphatic heterocycles. The number of nitrogens with one attached hydrogen (secondary N) is 1. The van der Waals surface area contributed by atoms with Gasteiger partial charge in [-0.25, -0.2) is 4.79 Å². The molecule has 0 bridgehead atoms. The molecule has 0 aromatic heterocycles. The number of carboxylic acids is 1. The molecule has 8 heteroatoms. The highest BCUT2D eigenvalue weighted by Crippen LogP contribution is 2.27. The van der Waals surface area contributed by atoms with Gasteiger partial charge in [-0.05, 0) is 16.3 Å². The molecule has 2 aromatic rings. The van der Waals surface area contributed by atoms with Crippen molar-refractivity contribution in [1.29, 1.82) is 0 Å². The van der Waals surface area contributed by atoms with Gasteiger partial charge in [0.1, 0.15) is 12.0 Å². The number of carbonyl (C=O) groups excluding carboxylic acids is 1. The largest absolute Gasteiger partial charge is 0.480 e. The van der Waals surface area contributed by atoms with Gasteiger partial charge in [0.15, 0.2) is 0 Å². The second-order valence-electron chi connectivity index (χ2n) is 5.56. The van der Waals surface area contributed by atoms with Crippen LogP contribution in [0.3, 0.4) is 0 Å². The molecule has 0 radical (unpaired) electrons. The van der Waals surface area contributed by atoms with Crippen LogP contribution in [0.2, 0.25) is 0 Å². The van der Waals surface area contributed by atoms with Crippen LogP contribution in [0.25, 0.3) is 10.8 Å². The summed E-state index contributed by atoms with van der Waals surface area (Å²) in [5, 5.41) is 13.0. The number of alkyl halides is 3. The molecular formula is C17H16F3NO3S. The van der Waals surface area contributed by atoms with E-state index in [0.717, 1.165) is 10.8 Å². The summed E-state index contributed by atoms with van der Waals surface area (Å²) in [6.45, 7) is 0. The Kier molecular flexibility index (Phi) is 5.94. The number of fused-ring (bicyclic) bond motifs is 1. The molecule has 0 aliphatic rings. The smallest absolute Gasteiger partial charge is 0.401 e. The second kappa shape index (κ2) is 7.77. The fourth-order valence-electron chi connectivity index (χ4n) is 2.41. The van der Waals surface area contributed by atoms with E-state index in [1.54, 1.807) is 18.2 Å². The summed E-state index contributed by atoms with van der Waals surface area (Å²) in [6.07, 6.45) is -4.90. The van der Waals surface area contributed by atoms with E-state index in [2.05, 4.69) is 12.6 Å². The first-order valence-corrected chi connectivity index (χ1v) is 8.04. The van der Waals surface area contributed by atoms with Crippen LogP contribution in [-0.2, 0) is 16.0 Å². The van der Waals surface area contributed by atoms with Crippen LogP contribution < -0.4 is 5.32 Å². The van der Waals surface area contributed by atoms with Crippen molar-refractivity contribution >= 4 is 35.3 Å². The van der Waals surface area contributed by atoms with Crippen LogP contribution in [0.4, 0.5) is 13.2 Å². The van der Waals surface area contributed by atoms with Gasteiger partial charge in [0.25, 0.3) is 0 Å². The Balaban J connectivity index is 2.17. The Morgan fingerprint density at radius 1 is 1.12 bits per heavy atom. The van der Waals surface area contributed by atoms with E-state index in [9.17, 15) is 27.9 Å². The monoisotopic (exact) mass is 371 g/mol. The molecule has 2 N–H and O–H groups in total. The SMILES string of the molecule is O=C(O)C(Cc1ccc2ccccc2c1)NC(=O)C(CS)C(F)(F)F. The highest BCUT2D eigenvalue weighted by atomic mass is 32.1. The van der Waals surface area contributed by atoms with Gasteiger partial charge in [-0.3, -0.25) is 4.79 Å². The number of aliphatic carboxylic acids is 1. The predicted molar refractivity (Wildman–Crippen MR) is 90.6 cm³/mol. The number of carboxylic acid groups (broad SMARTS) is 1. The van der Waals surface area contributed by atoms with E-state index in [1.165, 1.54) is 0 Å². The third-order valence-electron chi connectivity index (χ3n) is 3.76. The Labute approximate surface area is 147 Å². The number of amides is 1. The Hall–Kier alpha value is -2.22. The van der Waals surface area contributed by atoms with Crippen molar-refractivity contribution < 1.29 is 27.9 Å². The van der Waals surface area contributed by atoms with Crippen LogP contribution in [-0.4, -0.2) is 35.0 Å². The number of halogens is 3. The first-order chi connectivity index (χ1) is 11.7. The summed E-state index contributed by atoms with van der Waals surface area (Å²) in [4.78, 5) is 23.1. The molecule has 0 aliphatic carbocycles. The molecule has 2 atom stereocenters. The number of hydrogen-bond donors (Lipinski definition) is 3. The van der Waals surface area contributed by atoms with E-state index in [4.69, 9.17) is 0 Å². The number of carbonyl (C=O) groups is 2. The minimum absolute atomic E-state index is 0.122. The second-order valence-corrected chi connectivity index (χ2v) is 5.93. The van der Waals surface area contributed by atoms with Crippen LogP contribution in [0.1, 0.15) is 5.56 Å². The van der Waals surface area contributed by atoms with Gasteiger partial charge in [0.05, 0.1) is 0 Å². The van der Waals surface area contributed by atoms with Gasteiger partial charge < -0.3 is 10.4 Å². The van der Waals surface area contributed by atoms with Gasteiger partial charge in [-0.1, -0.05) is 42.5 Å². The fraction of sp³-hybridized carbons (Fsp3) is 0.294. The van der Waals surface area contributed by atoms with Crippen molar-refractivity contribution in [2.24, 2.45) is 5.92 Å². The van der Waals surface area contributed by atoms with Gasteiger partial charge in [0, 0.05) is 12.2 Å². The zero-order valence-corrected chi connectivity index (χ0v) is 13.8. The Morgan fingerprint density at radius 2 is 1.76 bits per heavy atom. The van der Waals surface area contributed by atoms with Crippen molar-refractivity contribution in [3.63, 3.8) is 0 Å². The third-order valence-corrected chi connectivity index (χ3v) is 4.13. The first kappa shape index (κ1) is 19.1. The minimum atomic E-state index is -4.78. The lowest BCUT2D eigenvalue weighted by molar-refractivity contribution is -0.178. The van der Waals surface area contributed by atoms with Crippen molar-refractivity contribution in [2.75, 3.05) is 5.75 Å². The third kappa shape index (κ3) is 4.88. The quantitative estimate of drug-likeness (QED) is 0.684. The van der Waals surface area contributed by atoms with Crippen molar-refractivity contribution in [1.82, 2.24) is 5.32 Å². The fourth-order valence-corrected chi connectivity index (χ4v) is 2.78. The molecule has 134 valence electrons. The zero-order valence-electron chi connectivity index (χ0n) is 13.0. The number of rotatable bonds is 6. The van der Waals surface area contributed by atoms with E-state index < -0.39 is 35.8 Å². The molecule has 25 heavy (non-hydrogen) atoms. The Morgan fingerprint density at radius 3 is 2.32 bits per heavy atom. The topological polar surface area (TPSA) is 66.4 Å². The standard InChI is InChI=1S/C17H16F3NO3S/c18-17(19,20)13(9-25)15(22)21-14(16(23)24)8-10-5-6-11-3-1-2-4-12(11)7-10/h1-7,13-14,25H,8-9H2,(H,21,22)(H,23,24). The summed E-state index contributed by atoms with van der Waals surface area (Å²) in [5.74, 6) is -5.90. The first-order valence-electron chi connectivity index (χ1n) is 7.41. The van der Waals surface area contributed by atoms with Crippen molar-refractivity contribution in [3.8, 4) is 0 Å². The normalized spacial score (nSPS) is 14.1. The summed E-state index contributed by atoms with van der Waals surface area (Å²) >= 11 is 3.53. The van der Waals surface area contributed by atoms with Gasteiger partial charge in [-0.2, -0.15) is 25.8 Å². The molecule has 0 saturated heterocycles.